The molecule has 0 aliphatic carbocycles. The minimum Gasteiger partial charge on any atom is -0.327 e. The first-order chi connectivity index (χ1) is 13.5. The zero-order valence-corrected chi connectivity index (χ0v) is 16.5. The largest absolute Gasteiger partial charge is 0.327 e. The highest BCUT2D eigenvalue weighted by Crippen LogP contribution is 2.38. The molecule has 3 aromatic rings. The Labute approximate surface area is 167 Å². The van der Waals surface area contributed by atoms with Gasteiger partial charge in [-0.15, -0.1) is 11.3 Å². The van der Waals surface area contributed by atoms with Crippen molar-refractivity contribution in [1.82, 2.24) is 4.90 Å². The summed E-state index contributed by atoms with van der Waals surface area (Å²) in [6.07, 6.45) is 0.801. The molecule has 0 spiro atoms. The van der Waals surface area contributed by atoms with Crippen molar-refractivity contribution in [3.63, 3.8) is 0 Å². The van der Waals surface area contributed by atoms with E-state index in [2.05, 4.69) is 35.7 Å². The van der Waals surface area contributed by atoms with Gasteiger partial charge in [0, 0.05) is 28.6 Å². The molecule has 0 unspecified atom stereocenters. The third-order valence-electron chi connectivity index (χ3n) is 5.27. The summed E-state index contributed by atoms with van der Waals surface area (Å²) in [6, 6.07) is 14.9. The van der Waals surface area contributed by atoms with Gasteiger partial charge in [-0.25, -0.2) is 0 Å². The Morgan fingerprint density at radius 3 is 2.61 bits per heavy atom. The molecule has 2 aromatic carbocycles. The first kappa shape index (κ1) is 18.4. The fraction of sp³-hybridized carbons (Fsp3) is 0.227. The van der Waals surface area contributed by atoms with E-state index < -0.39 is 4.92 Å². The van der Waals surface area contributed by atoms with Crippen LogP contribution >= 0.6 is 11.3 Å². The van der Waals surface area contributed by atoms with Crippen molar-refractivity contribution in [2.45, 2.75) is 26.3 Å². The number of benzene rings is 2. The lowest BCUT2D eigenvalue weighted by Gasteiger charge is -2.36. The van der Waals surface area contributed by atoms with Gasteiger partial charge in [0.25, 0.3) is 11.6 Å². The van der Waals surface area contributed by atoms with Gasteiger partial charge in [-0.2, -0.15) is 0 Å². The number of fused-ring (bicyclic) bond motifs is 1. The molecule has 1 amide bonds. The molecule has 0 N–H and O–H groups in total. The van der Waals surface area contributed by atoms with Gasteiger partial charge in [0.05, 0.1) is 11.0 Å². The van der Waals surface area contributed by atoms with Crippen molar-refractivity contribution >= 4 is 22.9 Å². The lowest BCUT2D eigenvalue weighted by Crippen LogP contribution is -2.40. The zero-order chi connectivity index (χ0) is 19.8. The van der Waals surface area contributed by atoms with Crippen LogP contribution in [0.3, 0.4) is 0 Å². The maximum atomic E-state index is 13.4. The number of carbonyl (C=O) groups is 1. The first-order valence-corrected chi connectivity index (χ1v) is 10.0. The van der Waals surface area contributed by atoms with Gasteiger partial charge < -0.3 is 4.90 Å². The predicted molar refractivity (Wildman–Crippen MR) is 110 cm³/mol. The summed E-state index contributed by atoms with van der Waals surface area (Å²) in [4.78, 5) is 27.4. The first-order valence-electron chi connectivity index (χ1n) is 9.14. The SMILES string of the molecule is Cc1ccc([C@@H]2c3ccsc3CCN2C(=O)c2ccc(C)c([N+](=O)[O-])c2)cc1. The van der Waals surface area contributed by atoms with Crippen LogP contribution in [0.25, 0.3) is 0 Å². The number of rotatable bonds is 3. The standard InChI is InChI=1S/C22H20N2O3S/c1-14-3-6-16(7-4-14)21-18-10-12-28-20(18)9-11-23(21)22(25)17-8-5-15(2)19(13-17)24(26)27/h3-8,10,12-13,21H,9,11H2,1-2H3/t21-/m1/s1. The summed E-state index contributed by atoms with van der Waals surface area (Å²) in [7, 11) is 0. The molecule has 5 nitrogen and oxygen atoms in total. The summed E-state index contributed by atoms with van der Waals surface area (Å²) in [5.41, 5.74) is 4.25. The second-order valence-corrected chi connectivity index (χ2v) is 8.12. The Kier molecular flexibility index (Phi) is 4.73. The van der Waals surface area contributed by atoms with Crippen molar-refractivity contribution in [2.24, 2.45) is 0 Å². The summed E-state index contributed by atoms with van der Waals surface area (Å²) in [5, 5.41) is 13.4. The average Bonchev–Trinajstić information content (AvgIpc) is 3.16. The van der Waals surface area contributed by atoms with E-state index in [1.165, 1.54) is 10.9 Å². The third kappa shape index (κ3) is 3.20. The molecule has 0 bridgehead atoms. The Hall–Kier alpha value is -2.99. The highest BCUT2D eigenvalue weighted by molar-refractivity contribution is 7.10. The van der Waals surface area contributed by atoms with Crippen LogP contribution in [0.1, 0.15) is 43.5 Å². The summed E-state index contributed by atoms with van der Waals surface area (Å²) in [6.45, 7) is 4.31. The van der Waals surface area contributed by atoms with Crippen molar-refractivity contribution in [1.29, 1.82) is 0 Å². The van der Waals surface area contributed by atoms with Crippen LogP contribution in [0.5, 0.6) is 0 Å². The van der Waals surface area contributed by atoms with Crippen LogP contribution < -0.4 is 0 Å². The monoisotopic (exact) mass is 392 g/mol. The summed E-state index contributed by atoms with van der Waals surface area (Å²) >= 11 is 1.72. The maximum Gasteiger partial charge on any atom is 0.273 e. The van der Waals surface area contributed by atoms with Crippen molar-refractivity contribution in [3.8, 4) is 0 Å². The number of nitro groups is 1. The second kappa shape index (κ2) is 7.20. The fourth-order valence-corrected chi connectivity index (χ4v) is 4.65. The van der Waals surface area contributed by atoms with E-state index >= 15 is 0 Å². The molecule has 1 aliphatic heterocycles. The number of amides is 1. The third-order valence-corrected chi connectivity index (χ3v) is 6.27. The van der Waals surface area contributed by atoms with E-state index in [0.29, 0.717) is 17.7 Å². The number of nitrogens with zero attached hydrogens (tertiary/aromatic N) is 2. The van der Waals surface area contributed by atoms with Gasteiger partial charge in [-0.1, -0.05) is 35.9 Å². The van der Waals surface area contributed by atoms with Gasteiger partial charge in [0.1, 0.15) is 0 Å². The van der Waals surface area contributed by atoms with Crippen LogP contribution in [0.2, 0.25) is 0 Å². The van der Waals surface area contributed by atoms with Gasteiger partial charge in [0.2, 0.25) is 0 Å². The minimum atomic E-state index is -0.434. The van der Waals surface area contributed by atoms with Crippen molar-refractivity contribution in [2.75, 3.05) is 6.54 Å². The molecule has 2 heterocycles. The molecule has 142 valence electrons. The van der Waals surface area contributed by atoms with Crippen LogP contribution in [0.15, 0.2) is 53.9 Å². The number of thiophene rings is 1. The number of hydrogen-bond donors (Lipinski definition) is 0. The van der Waals surface area contributed by atoms with E-state index in [0.717, 1.165) is 23.1 Å². The summed E-state index contributed by atoms with van der Waals surface area (Å²) in [5.74, 6) is -0.175. The van der Waals surface area contributed by atoms with Gasteiger partial charge >= 0.3 is 0 Å². The van der Waals surface area contributed by atoms with Crippen molar-refractivity contribution < 1.29 is 9.72 Å². The van der Waals surface area contributed by atoms with E-state index in [1.807, 2.05) is 11.8 Å². The fourth-order valence-electron chi connectivity index (χ4n) is 3.75. The molecule has 0 fully saturated rings. The second-order valence-electron chi connectivity index (χ2n) is 7.12. The lowest BCUT2D eigenvalue weighted by atomic mass is 9.92. The van der Waals surface area contributed by atoms with Crippen molar-refractivity contribution in [3.05, 3.63) is 96.7 Å². The van der Waals surface area contributed by atoms with E-state index in [4.69, 9.17) is 0 Å². The number of aryl methyl sites for hydroxylation is 2. The molecule has 28 heavy (non-hydrogen) atoms. The Morgan fingerprint density at radius 2 is 1.89 bits per heavy atom. The highest BCUT2D eigenvalue weighted by Gasteiger charge is 2.33. The molecule has 4 rings (SSSR count). The Bertz CT molecular complexity index is 1060. The summed E-state index contributed by atoms with van der Waals surface area (Å²) < 4.78 is 0. The average molecular weight is 392 g/mol. The molecule has 1 aromatic heterocycles. The van der Waals surface area contributed by atoms with Crippen LogP contribution in [-0.2, 0) is 6.42 Å². The quantitative estimate of drug-likeness (QED) is 0.462. The molecule has 0 saturated heterocycles. The minimum absolute atomic E-state index is 0.0223. The van der Waals surface area contributed by atoms with Crippen LogP contribution in [0, 0.1) is 24.0 Å². The smallest absolute Gasteiger partial charge is 0.273 e. The van der Waals surface area contributed by atoms with Gasteiger partial charge in [-0.3, -0.25) is 14.9 Å². The van der Waals surface area contributed by atoms with Crippen LogP contribution in [-0.4, -0.2) is 22.3 Å². The molecular weight excluding hydrogens is 372 g/mol. The Balaban J connectivity index is 1.77. The molecular formula is C22H20N2O3S. The molecule has 1 aliphatic rings. The van der Waals surface area contributed by atoms with E-state index in [-0.39, 0.29) is 17.6 Å². The van der Waals surface area contributed by atoms with E-state index in [1.54, 1.807) is 30.4 Å². The van der Waals surface area contributed by atoms with E-state index in [9.17, 15) is 14.9 Å². The molecule has 0 saturated carbocycles. The van der Waals surface area contributed by atoms with Gasteiger partial charge in [-0.05, 0) is 48.9 Å². The number of carbonyl (C=O) groups excluding carboxylic acids is 1. The maximum absolute atomic E-state index is 13.4. The topological polar surface area (TPSA) is 63.5 Å². The number of hydrogen-bond acceptors (Lipinski definition) is 4. The predicted octanol–water partition coefficient (Wildman–Crippen LogP) is 5.06. The number of nitro benzene ring substituents is 1. The van der Waals surface area contributed by atoms with Gasteiger partial charge in [0.15, 0.2) is 0 Å². The highest BCUT2D eigenvalue weighted by atomic mass is 32.1. The zero-order valence-electron chi connectivity index (χ0n) is 15.7. The normalized spacial score (nSPS) is 15.9. The van der Waals surface area contributed by atoms with Crippen LogP contribution in [0.4, 0.5) is 5.69 Å². The molecule has 6 heteroatoms. The molecule has 0 radical (unpaired) electrons. The Morgan fingerprint density at radius 1 is 1.14 bits per heavy atom. The lowest BCUT2D eigenvalue weighted by molar-refractivity contribution is -0.385. The molecule has 1 atom stereocenters.